The van der Waals surface area contributed by atoms with Crippen LogP contribution in [0.5, 0.6) is 5.75 Å². The molecule has 24 heavy (non-hydrogen) atoms. The van der Waals surface area contributed by atoms with E-state index in [1.807, 2.05) is 31.2 Å². The van der Waals surface area contributed by atoms with E-state index < -0.39 is 20.5 Å². The topological polar surface area (TPSA) is 84.5 Å². The number of ether oxygens (including phenoxy) is 1. The summed E-state index contributed by atoms with van der Waals surface area (Å²) in [5.41, 5.74) is 0.820. The van der Waals surface area contributed by atoms with Crippen LogP contribution in [0.4, 0.5) is 0 Å². The molecule has 136 valence electrons. The fourth-order valence-corrected chi connectivity index (χ4v) is 4.37. The number of carbonyl (C=O) groups excluding carboxylic acids is 1. The highest BCUT2D eigenvalue weighted by Gasteiger charge is 2.48. The van der Waals surface area contributed by atoms with Crippen LogP contribution < -0.4 is 15.4 Å². The molecule has 0 bridgehead atoms. The smallest absolute Gasteiger partial charge is 0.242 e. The van der Waals surface area contributed by atoms with Crippen LogP contribution in [-0.4, -0.2) is 45.5 Å². The number of nitrogens with one attached hydrogen (secondary N) is 2. The molecule has 1 fully saturated rings. The molecule has 0 radical (unpaired) electrons. The van der Waals surface area contributed by atoms with Crippen LogP contribution in [0.3, 0.4) is 0 Å². The van der Waals surface area contributed by atoms with Gasteiger partial charge in [0.25, 0.3) is 0 Å². The summed E-state index contributed by atoms with van der Waals surface area (Å²) in [5, 5.41) is 5.97. The van der Waals surface area contributed by atoms with Gasteiger partial charge < -0.3 is 15.4 Å². The highest BCUT2D eigenvalue weighted by Crippen LogP contribution is 2.30. The molecular weight excluding hydrogens is 352 g/mol. The molecule has 0 aliphatic carbocycles. The molecule has 2 rings (SSSR count). The highest BCUT2D eigenvalue weighted by molar-refractivity contribution is 7.92. The Kier molecular flexibility index (Phi) is 7.07. The molecule has 1 aromatic rings. The maximum atomic E-state index is 12.8. The summed E-state index contributed by atoms with van der Waals surface area (Å²) in [5.74, 6) is 0.235. The third kappa shape index (κ3) is 4.02. The maximum absolute atomic E-state index is 12.8. The second-order valence-electron chi connectivity index (χ2n) is 5.95. The molecule has 8 heteroatoms. The molecule has 1 atom stereocenters. The van der Waals surface area contributed by atoms with Gasteiger partial charge in [-0.25, -0.2) is 8.42 Å². The van der Waals surface area contributed by atoms with Gasteiger partial charge >= 0.3 is 0 Å². The Morgan fingerprint density at radius 3 is 2.42 bits per heavy atom. The lowest BCUT2D eigenvalue weighted by Gasteiger charge is -2.35. The van der Waals surface area contributed by atoms with Gasteiger partial charge in [0.1, 0.15) is 5.75 Å². The van der Waals surface area contributed by atoms with E-state index in [9.17, 15) is 13.2 Å². The normalized spacial score (nSPS) is 18.1. The molecule has 1 aliphatic heterocycles. The lowest BCUT2D eigenvalue weighted by molar-refractivity contribution is -0.125. The Morgan fingerprint density at radius 1 is 1.29 bits per heavy atom. The van der Waals surface area contributed by atoms with Crippen molar-refractivity contribution in [2.24, 2.45) is 0 Å². The van der Waals surface area contributed by atoms with Gasteiger partial charge in [0.2, 0.25) is 5.91 Å². The van der Waals surface area contributed by atoms with Crippen molar-refractivity contribution in [3.8, 4) is 5.75 Å². The summed E-state index contributed by atoms with van der Waals surface area (Å²) >= 11 is 0. The third-order valence-electron chi connectivity index (χ3n) is 4.49. The number of hydrogen-bond donors (Lipinski definition) is 2. The van der Waals surface area contributed by atoms with Crippen LogP contribution in [-0.2, 0) is 14.6 Å². The Morgan fingerprint density at radius 2 is 1.88 bits per heavy atom. The molecule has 0 spiro atoms. The van der Waals surface area contributed by atoms with Crippen LogP contribution in [0.1, 0.15) is 31.4 Å². The third-order valence-corrected chi connectivity index (χ3v) is 6.50. The van der Waals surface area contributed by atoms with Crippen molar-refractivity contribution in [3.63, 3.8) is 0 Å². The van der Waals surface area contributed by atoms with Crippen LogP contribution in [0.2, 0.25) is 0 Å². The molecule has 1 unspecified atom stereocenters. The molecular formula is C16H25ClN2O4S. The Bertz CT molecular complexity index is 672. The average Bonchev–Trinajstić information content (AvgIpc) is 2.54. The van der Waals surface area contributed by atoms with E-state index >= 15 is 0 Å². The number of methoxy groups -OCH3 is 1. The Labute approximate surface area is 149 Å². The van der Waals surface area contributed by atoms with Crippen LogP contribution >= 0.6 is 12.4 Å². The predicted molar refractivity (Wildman–Crippen MR) is 96.5 cm³/mol. The maximum Gasteiger partial charge on any atom is 0.242 e. The fraction of sp³-hybridized carbons (Fsp3) is 0.562. The lowest BCUT2D eigenvalue weighted by atomic mass is 9.95. The number of amides is 1. The highest BCUT2D eigenvalue weighted by atomic mass is 35.5. The summed E-state index contributed by atoms with van der Waals surface area (Å²) < 4.78 is 28.5. The SMILES string of the molecule is COc1ccccc1C(C)NC(=O)C1(S(C)(=O)=O)CCNCC1.Cl. The first kappa shape index (κ1) is 20.7. The number of carbonyl (C=O) groups is 1. The van der Waals surface area contributed by atoms with Crippen molar-refractivity contribution in [3.05, 3.63) is 29.8 Å². The Balaban J connectivity index is 0.00000288. The first-order valence-corrected chi connectivity index (χ1v) is 9.55. The summed E-state index contributed by atoms with van der Waals surface area (Å²) in [6.45, 7) is 2.86. The molecule has 0 saturated carbocycles. The Hall–Kier alpha value is -1.31. The van der Waals surface area contributed by atoms with E-state index in [2.05, 4.69) is 10.6 Å². The first-order chi connectivity index (χ1) is 10.8. The number of sulfone groups is 1. The minimum absolute atomic E-state index is 0. The van der Waals surface area contributed by atoms with Gasteiger partial charge in [0.05, 0.1) is 13.2 Å². The molecule has 1 aliphatic rings. The van der Waals surface area contributed by atoms with Gasteiger partial charge in [0, 0.05) is 11.8 Å². The van der Waals surface area contributed by atoms with Crippen LogP contribution in [0.25, 0.3) is 0 Å². The minimum Gasteiger partial charge on any atom is -0.496 e. The van der Waals surface area contributed by atoms with Crippen molar-refractivity contribution in [2.45, 2.75) is 30.6 Å². The number of para-hydroxylation sites is 1. The summed E-state index contributed by atoms with van der Waals surface area (Å²) in [6.07, 6.45) is 1.72. The molecule has 1 saturated heterocycles. The van der Waals surface area contributed by atoms with Gasteiger partial charge in [-0.05, 0) is 38.9 Å². The van der Waals surface area contributed by atoms with E-state index in [-0.39, 0.29) is 31.3 Å². The van der Waals surface area contributed by atoms with Crippen molar-refractivity contribution in [2.75, 3.05) is 26.5 Å². The lowest BCUT2D eigenvalue weighted by Crippen LogP contribution is -2.57. The quantitative estimate of drug-likeness (QED) is 0.812. The summed E-state index contributed by atoms with van der Waals surface area (Å²) in [4.78, 5) is 12.8. The predicted octanol–water partition coefficient (Wildman–Crippen LogP) is 1.46. The van der Waals surface area contributed by atoms with Crippen molar-refractivity contribution in [1.82, 2.24) is 10.6 Å². The van der Waals surface area contributed by atoms with Crippen LogP contribution in [0, 0.1) is 0 Å². The molecule has 1 heterocycles. The van der Waals surface area contributed by atoms with Crippen molar-refractivity contribution in [1.29, 1.82) is 0 Å². The van der Waals surface area contributed by atoms with Gasteiger partial charge in [0.15, 0.2) is 14.6 Å². The van der Waals surface area contributed by atoms with Gasteiger partial charge in [-0.3, -0.25) is 4.79 Å². The number of rotatable bonds is 5. The second-order valence-corrected chi connectivity index (χ2v) is 8.28. The van der Waals surface area contributed by atoms with Gasteiger partial charge in [-0.1, -0.05) is 18.2 Å². The number of halogens is 1. The number of benzene rings is 1. The fourth-order valence-electron chi connectivity index (χ4n) is 3.03. The van der Waals surface area contributed by atoms with Gasteiger partial charge in [-0.15, -0.1) is 12.4 Å². The van der Waals surface area contributed by atoms with E-state index in [4.69, 9.17) is 4.74 Å². The molecule has 1 aromatic carbocycles. The summed E-state index contributed by atoms with van der Waals surface area (Å²) in [7, 11) is -1.95. The zero-order valence-corrected chi connectivity index (χ0v) is 15.8. The van der Waals surface area contributed by atoms with Crippen molar-refractivity contribution >= 4 is 28.2 Å². The van der Waals surface area contributed by atoms with E-state index in [1.165, 1.54) is 0 Å². The molecule has 2 N–H and O–H groups in total. The van der Waals surface area contributed by atoms with Crippen LogP contribution in [0.15, 0.2) is 24.3 Å². The first-order valence-electron chi connectivity index (χ1n) is 7.66. The van der Waals surface area contributed by atoms with Crippen molar-refractivity contribution < 1.29 is 17.9 Å². The minimum atomic E-state index is -3.51. The molecule has 1 amide bonds. The van der Waals surface area contributed by atoms with E-state index in [1.54, 1.807) is 7.11 Å². The second kappa shape index (κ2) is 8.18. The van der Waals surface area contributed by atoms with Gasteiger partial charge in [-0.2, -0.15) is 0 Å². The van der Waals surface area contributed by atoms with E-state index in [0.717, 1.165) is 11.8 Å². The zero-order chi connectivity index (χ0) is 17.1. The monoisotopic (exact) mass is 376 g/mol. The summed E-state index contributed by atoms with van der Waals surface area (Å²) in [6, 6.07) is 7.04. The largest absolute Gasteiger partial charge is 0.496 e. The number of hydrogen-bond acceptors (Lipinski definition) is 5. The number of piperidine rings is 1. The average molecular weight is 377 g/mol. The standard InChI is InChI=1S/C16H24N2O4S.ClH/c1-12(13-6-4-5-7-14(13)22-2)18-15(19)16(23(3,20)21)8-10-17-11-9-16;/h4-7,12,17H,8-11H2,1-3H3,(H,18,19);1H. The molecule has 6 nitrogen and oxygen atoms in total. The zero-order valence-electron chi connectivity index (χ0n) is 14.2. The van der Waals surface area contributed by atoms with E-state index in [0.29, 0.717) is 18.8 Å². The molecule has 0 aromatic heterocycles.